The SMILES string of the molecule is CN(C)c1ccccc1NS(=O)(=O)c1ccccc1. The van der Waals surface area contributed by atoms with Gasteiger partial charge < -0.3 is 4.90 Å². The van der Waals surface area contributed by atoms with Crippen molar-refractivity contribution in [1.82, 2.24) is 0 Å². The van der Waals surface area contributed by atoms with Crippen LogP contribution in [0.4, 0.5) is 11.4 Å². The van der Waals surface area contributed by atoms with Gasteiger partial charge in [-0.1, -0.05) is 30.3 Å². The lowest BCUT2D eigenvalue weighted by Crippen LogP contribution is -2.17. The predicted octanol–water partition coefficient (Wildman–Crippen LogP) is 2.55. The van der Waals surface area contributed by atoms with Gasteiger partial charge in [-0.15, -0.1) is 0 Å². The highest BCUT2D eigenvalue weighted by atomic mass is 32.2. The fraction of sp³-hybridized carbons (Fsp3) is 0.143. The highest BCUT2D eigenvalue weighted by Crippen LogP contribution is 2.26. The smallest absolute Gasteiger partial charge is 0.261 e. The molecule has 0 amide bonds. The molecule has 0 spiro atoms. The van der Waals surface area contributed by atoms with Crippen molar-refractivity contribution in [2.45, 2.75) is 4.90 Å². The van der Waals surface area contributed by atoms with E-state index in [1.165, 1.54) is 0 Å². The molecule has 0 aromatic heterocycles. The van der Waals surface area contributed by atoms with Crippen molar-refractivity contribution < 1.29 is 8.42 Å². The normalized spacial score (nSPS) is 11.1. The minimum absolute atomic E-state index is 0.253. The molecule has 2 aromatic rings. The summed E-state index contributed by atoms with van der Waals surface area (Å²) in [5.74, 6) is 0. The van der Waals surface area contributed by atoms with Gasteiger partial charge in [-0.25, -0.2) is 8.42 Å². The largest absolute Gasteiger partial charge is 0.376 e. The number of anilines is 2. The average Bonchev–Trinajstić information content (AvgIpc) is 2.39. The number of nitrogens with zero attached hydrogens (tertiary/aromatic N) is 1. The maximum atomic E-state index is 12.2. The Bertz CT molecular complexity index is 652. The van der Waals surface area contributed by atoms with E-state index in [0.29, 0.717) is 5.69 Å². The molecule has 100 valence electrons. The van der Waals surface area contributed by atoms with Crippen LogP contribution >= 0.6 is 0 Å². The molecule has 0 aliphatic rings. The van der Waals surface area contributed by atoms with Gasteiger partial charge in [0.05, 0.1) is 16.3 Å². The Morgan fingerprint density at radius 2 is 1.47 bits per heavy atom. The standard InChI is InChI=1S/C14H16N2O2S/c1-16(2)14-11-7-6-10-13(14)15-19(17,18)12-8-4-3-5-9-12/h3-11,15H,1-2H3. The number of nitrogens with one attached hydrogen (secondary N) is 1. The molecule has 1 N–H and O–H groups in total. The molecule has 0 saturated heterocycles. The molecule has 0 saturated carbocycles. The molecular formula is C14H16N2O2S. The van der Waals surface area contributed by atoms with Crippen molar-refractivity contribution in [1.29, 1.82) is 0 Å². The van der Waals surface area contributed by atoms with Gasteiger partial charge in [0, 0.05) is 14.1 Å². The lowest BCUT2D eigenvalue weighted by molar-refractivity contribution is 0.601. The summed E-state index contributed by atoms with van der Waals surface area (Å²) in [4.78, 5) is 2.12. The van der Waals surface area contributed by atoms with Gasteiger partial charge in [0.25, 0.3) is 10.0 Å². The summed E-state index contributed by atoms with van der Waals surface area (Å²) >= 11 is 0. The third-order valence-electron chi connectivity index (χ3n) is 2.68. The Morgan fingerprint density at radius 1 is 0.895 bits per heavy atom. The van der Waals surface area contributed by atoms with Crippen LogP contribution in [0.2, 0.25) is 0 Å². The number of sulfonamides is 1. The highest BCUT2D eigenvalue weighted by Gasteiger charge is 2.15. The monoisotopic (exact) mass is 276 g/mol. The lowest BCUT2D eigenvalue weighted by Gasteiger charge is -2.18. The number of benzene rings is 2. The molecule has 4 nitrogen and oxygen atoms in total. The van der Waals surface area contributed by atoms with Crippen LogP contribution in [0.3, 0.4) is 0 Å². The number of hydrogen-bond acceptors (Lipinski definition) is 3. The van der Waals surface area contributed by atoms with Crippen LogP contribution in [-0.2, 0) is 10.0 Å². The molecule has 19 heavy (non-hydrogen) atoms. The maximum absolute atomic E-state index is 12.2. The molecule has 2 rings (SSSR count). The van der Waals surface area contributed by atoms with Crippen molar-refractivity contribution in [2.24, 2.45) is 0 Å². The highest BCUT2D eigenvalue weighted by molar-refractivity contribution is 7.92. The Morgan fingerprint density at radius 3 is 2.11 bits per heavy atom. The lowest BCUT2D eigenvalue weighted by atomic mass is 10.2. The molecule has 2 aromatic carbocycles. The van der Waals surface area contributed by atoms with Gasteiger partial charge in [-0.3, -0.25) is 4.72 Å². The van der Waals surface area contributed by atoms with E-state index in [9.17, 15) is 8.42 Å². The van der Waals surface area contributed by atoms with E-state index < -0.39 is 10.0 Å². The zero-order valence-corrected chi connectivity index (χ0v) is 11.7. The van der Waals surface area contributed by atoms with Crippen molar-refractivity contribution in [2.75, 3.05) is 23.7 Å². The first-order chi connectivity index (χ1) is 9.00. The molecule has 0 heterocycles. The first-order valence-corrected chi connectivity index (χ1v) is 7.33. The van der Waals surface area contributed by atoms with E-state index in [-0.39, 0.29) is 4.90 Å². The fourth-order valence-electron chi connectivity index (χ4n) is 1.75. The van der Waals surface area contributed by atoms with Crippen LogP contribution in [0.5, 0.6) is 0 Å². The second-order valence-corrected chi connectivity index (χ2v) is 6.01. The van der Waals surface area contributed by atoms with E-state index >= 15 is 0 Å². The van der Waals surface area contributed by atoms with Crippen molar-refractivity contribution in [3.63, 3.8) is 0 Å². The second-order valence-electron chi connectivity index (χ2n) is 4.33. The maximum Gasteiger partial charge on any atom is 0.261 e. The molecular weight excluding hydrogens is 260 g/mol. The molecule has 0 radical (unpaired) electrons. The quantitative estimate of drug-likeness (QED) is 0.933. The zero-order valence-electron chi connectivity index (χ0n) is 10.9. The van der Waals surface area contributed by atoms with E-state index in [1.54, 1.807) is 42.5 Å². The molecule has 0 unspecified atom stereocenters. The average molecular weight is 276 g/mol. The summed E-state index contributed by atoms with van der Waals surface area (Å²) in [7, 11) is 0.195. The third-order valence-corrected chi connectivity index (χ3v) is 4.07. The summed E-state index contributed by atoms with van der Waals surface area (Å²) in [5, 5.41) is 0. The Labute approximate surface area is 113 Å². The first-order valence-electron chi connectivity index (χ1n) is 5.85. The molecule has 5 heteroatoms. The van der Waals surface area contributed by atoms with Crippen molar-refractivity contribution >= 4 is 21.4 Å². The van der Waals surface area contributed by atoms with Crippen LogP contribution in [0, 0.1) is 0 Å². The summed E-state index contributed by atoms with van der Waals surface area (Å²) in [6.07, 6.45) is 0. The van der Waals surface area contributed by atoms with E-state index in [0.717, 1.165) is 5.69 Å². The van der Waals surface area contributed by atoms with Crippen LogP contribution < -0.4 is 9.62 Å². The summed E-state index contributed by atoms with van der Waals surface area (Å²) in [5.41, 5.74) is 1.39. The van der Waals surface area contributed by atoms with Gasteiger partial charge in [0.15, 0.2) is 0 Å². The van der Waals surface area contributed by atoms with Crippen LogP contribution in [-0.4, -0.2) is 22.5 Å². The number of hydrogen-bond donors (Lipinski definition) is 1. The zero-order chi connectivity index (χ0) is 13.9. The topological polar surface area (TPSA) is 49.4 Å². The number of para-hydroxylation sites is 2. The molecule has 0 aliphatic carbocycles. The van der Waals surface area contributed by atoms with Crippen LogP contribution in [0.25, 0.3) is 0 Å². The minimum Gasteiger partial charge on any atom is -0.376 e. The predicted molar refractivity (Wildman–Crippen MR) is 78.0 cm³/mol. The Kier molecular flexibility index (Phi) is 3.76. The Hall–Kier alpha value is -2.01. The summed E-state index contributed by atoms with van der Waals surface area (Å²) < 4.78 is 27.1. The van der Waals surface area contributed by atoms with Gasteiger partial charge >= 0.3 is 0 Å². The van der Waals surface area contributed by atoms with Gasteiger partial charge in [0.1, 0.15) is 0 Å². The molecule has 0 atom stereocenters. The van der Waals surface area contributed by atoms with Gasteiger partial charge in [-0.05, 0) is 24.3 Å². The van der Waals surface area contributed by atoms with Crippen LogP contribution in [0.15, 0.2) is 59.5 Å². The first kappa shape index (κ1) is 13.4. The van der Waals surface area contributed by atoms with Crippen LogP contribution in [0.1, 0.15) is 0 Å². The van der Waals surface area contributed by atoms with E-state index in [1.807, 2.05) is 31.1 Å². The van der Waals surface area contributed by atoms with Gasteiger partial charge in [0.2, 0.25) is 0 Å². The van der Waals surface area contributed by atoms with E-state index in [2.05, 4.69) is 4.72 Å². The third kappa shape index (κ3) is 3.06. The van der Waals surface area contributed by atoms with Crippen molar-refractivity contribution in [3.8, 4) is 0 Å². The van der Waals surface area contributed by atoms with E-state index in [4.69, 9.17) is 0 Å². The fourth-order valence-corrected chi connectivity index (χ4v) is 2.85. The Balaban J connectivity index is 2.37. The molecule has 0 bridgehead atoms. The molecule has 0 aliphatic heterocycles. The molecule has 0 fully saturated rings. The van der Waals surface area contributed by atoms with Crippen molar-refractivity contribution in [3.05, 3.63) is 54.6 Å². The number of rotatable bonds is 4. The summed E-state index contributed by atoms with van der Waals surface area (Å²) in [6, 6.07) is 15.6. The minimum atomic E-state index is -3.55. The van der Waals surface area contributed by atoms with Gasteiger partial charge in [-0.2, -0.15) is 0 Å². The summed E-state index contributed by atoms with van der Waals surface area (Å²) in [6.45, 7) is 0. The second kappa shape index (κ2) is 5.32.